The summed E-state index contributed by atoms with van der Waals surface area (Å²) in [5, 5.41) is 0. The Kier molecular flexibility index (Phi) is 3.72. The van der Waals surface area contributed by atoms with E-state index in [2.05, 4.69) is 0 Å². The van der Waals surface area contributed by atoms with Crippen LogP contribution in [0, 0.1) is 17.8 Å². The molecule has 22 heavy (non-hydrogen) atoms. The summed E-state index contributed by atoms with van der Waals surface area (Å²) >= 11 is 0. The van der Waals surface area contributed by atoms with Gasteiger partial charge in [0.25, 0.3) is 0 Å². The third-order valence-electron chi connectivity index (χ3n) is 4.60. The summed E-state index contributed by atoms with van der Waals surface area (Å²) in [6, 6.07) is 7.45. The van der Waals surface area contributed by atoms with Crippen molar-refractivity contribution in [1.82, 2.24) is 0 Å². The summed E-state index contributed by atoms with van der Waals surface area (Å²) in [7, 11) is 0. The molecule has 0 amide bonds. The van der Waals surface area contributed by atoms with Crippen LogP contribution in [0.1, 0.15) is 37.5 Å². The lowest BCUT2D eigenvalue weighted by Crippen LogP contribution is -2.35. The number of fused-ring (bicyclic) bond motifs is 2. The van der Waals surface area contributed by atoms with Gasteiger partial charge < -0.3 is 9.47 Å². The van der Waals surface area contributed by atoms with Crippen LogP contribution in [0.5, 0.6) is 0 Å². The summed E-state index contributed by atoms with van der Waals surface area (Å²) in [5.74, 6) is -3.00. The Hall–Kier alpha value is -2.17. The first kappa shape index (κ1) is 14.8. The minimum Gasteiger partial charge on any atom is -0.456 e. The van der Waals surface area contributed by atoms with Gasteiger partial charge in [-0.25, -0.2) is 0 Å². The van der Waals surface area contributed by atoms with Crippen molar-refractivity contribution in [2.24, 2.45) is 17.8 Å². The van der Waals surface area contributed by atoms with E-state index in [1.165, 1.54) is 0 Å². The second-order valence-corrected chi connectivity index (χ2v) is 5.94. The molecule has 3 rings (SSSR count). The monoisotopic (exact) mass is 302 g/mol. The molecular formula is C17H18O5. The second-order valence-electron chi connectivity index (χ2n) is 5.94. The highest BCUT2D eigenvalue weighted by molar-refractivity contribution is 5.97. The number of carbonyl (C=O) groups excluding carboxylic acids is 3. The molecule has 0 bridgehead atoms. The van der Waals surface area contributed by atoms with Crippen molar-refractivity contribution in [1.29, 1.82) is 0 Å². The van der Waals surface area contributed by atoms with E-state index < -0.39 is 29.9 Å². The summed E-state index contributed by atoms with van der Waals surface area (Å²) in [4.78, 5) is 36.1. The van der Waals surface area contributed by atoms with Crippen LogP contribution in [-0.4, -0.2) is 17.9 Å². The third kappa shape index (κ3) is 2.30. The number of hydrogen-bond acceptors (Lipinski definition) is 5. The van der Waals surface area contributed by atoms with Gasteiger partial charge in [-0.3, -0.25) is 14.4 Å². The van der Waals surface area contributed by atoms with Crippen molar-refractivity contribution in [2.75, 3.05) is 0 Å². The van der Waals surface area contributed by atoms with Gasteiger partial charge in [0, 0.05) is 0 Å². The summed E-state index contributed by atoms with van der Waals surface area (Å²) in [5.41, 5.74) is 1.73. The molecule has 5 nitrogen and oxygen atoms in total. The molecule has 5 heteroatoms. The number of carbonyl (C=O) groups is 3. The lowest BCUT2D eigenvalue weighted by Gasteiger charge is -2.32. The quantitative estimate of drug-likeness (QED) is 0.632. The Morgan fingerprint density at radius 1 is 1.32 bits per heavy atom. The largest absolute Gasteiger partial charge is 0.456 e. The standard InChI is InChI=1S/C17H18O5/c1-3-9(2)15(18)21-14-11-7-5-4-6-10(11)8-12-13(14)17(20)22-16(12)19/h4-7,9,12-14H,3,8H2,1-2H3. The number of rotatable bonds is 3. The van der Waals surface area contributed by atoms with E-state index in [1.807, 2.05) is 31.2 Å². The van der Waals surface area contributed by atoms with Crippen LogP contribution in [0.3, 0.4) is 0 Å². The zero-order chi connectivity index (χ0) is 15.9. The molecule has 1 aromatic carbocycles. The molecular weight excluding hydrogens is 284 g/mol. The van der Waals surface area contributed by atoms with Crippen molar-refractivity contribution in [2.45, 2.75) is 32.8 Å². The summed E-state index contributed by atoms with van der Waals surface area (Å²) < 4.78 is 10.4. The molecule has 2 aliphatic rings. The van der Waals surface area contributed by atoms with Gasteiger partial charge in [-0.15, -0.1) is 0 Å². The van der Waals surface area contributed by atoms with E-state index in [4.69, 9.17) is 9.47 Å². The number of cyclic esters (lactones) is 2. The van der Waals surface area contributed by atoms with E-state index in [0.717, 1.165) is 11.1 Å². The highest BCUT2D eigenvalue weighted by Gasteiger charge is 2.53. The number of ether oxygens (including phenoxy) is 2. The molecule has 0 spiro atoms. The molecule has 1 heterocycles. The SMILES string of the molecule is CCC(C)C(=O)OC1c2ccccc2CC2C(=O)OC(=O)C21. The molecule has 1 aromatic rings. The smallest absolute Gasteiger partial charge is 0.321 e. The molecule has 1 aliphatic heterocycles. The highest BCUT2D eigenvalue weighted by Crippen LogP contribution is 2.45. The predicted molar refractivity (Wildman–Crippen MR) is 76.5 cm³/mol. The van der Waals surface area contributed by atoms with Crippen molar-refractivity contribution in [3.05, 3.63) is 35.4 Å². The van der Waals surface area contributed by atoms with Crippen molar-refractivity contribution < 1.29 is 23.9 Å². The van der Waals surface area contributed by atoms with Gasteiger partial charge >= 0.3 is 17.9 Å². The maximum Gasteiger partial charge on any atom is 0.321 e. The topological polar surface area (TPSA) is 69.7 Å². The van der Waals surface area contributed by atoms with E-state index >= 15 is 0 Å². The molecule has 1 saturated heterocycles. The lowest BCUT2D eigenvalue weighted by atomic mass is 9.75. The molecule has 116 valence electrons. The normalized spacial score (nSPS) is 27.6. The molecule has 0 radical (unpaired) electrons. The fraction of sp³-hybridized carbons (Fsp3) is 0.471. The van der Waals surface area contributed by atoms with Gasteiger partial charge in [-0.1, -0.05) is 38.1 Å². The van der Waals surface area contributed by atoms with Gasteiger partial charge in [-0.2, -0.15) is 0 Å². The van der Waals surface area contributed by atoms with E-state index in [0.29, 0.717) is 12.8 Å². The van der Waals surface area contributed by atoms with Crippen LogP contribution in [0.4, 0.5) is 0 Å². The Bertz CT molecular complexity index is 636. The zero-order valence-corrected chi connectivity index (χ0v) is 12.6. The Morgan fingerprint density at radius 2 is 2.05 bits per heavy atom. The summed E-state index contributed by atoms with van der Waals surface area (Å²) in [6.07, 6.45) is 0.364. The first-order valence-corrected chi connectivity index (χ1v) is 7.56. The molecule has 1 fully saturated rings. The van der Waals surface area contributed by atoms with Gasteiger partial charge in [-0.05, 0) is 24.0 Å². The van der Waals surface area contributed by atoms with Gasteiger partial charge in [0.2, 0.25) is 0 Å². The third-order valence-corrected chi connectivity index (χ3v) is 4.60. The zero-order valence-electron chi connectivity index (χ0n) is 12.6. The molecule has 1 aliphatic carbocycles. The van der Waals surface area contributed by atoms with E-state index in [9.17, 15) is 14.4 Å². The van der Waals surface area contributed by atoms with Gasteiger partial charge in [0.05, 0.1) is 11.8 Å². The van der Waals surface area contributed by atoms with Crippen LogP contribution in [0.15, 0.2) is 24.3 Å². The fourth-order valence-corrected chi connectivity index (χ4v) is 3.07. The Balaban J connectivity index is 1.98. The maximum atomic E-state index is 12.2. The Labute approximate surface area is 128 Å². The fourth-order valence-electron chi connectivity index (χ4n) is 3.07. The van der Waals surface area contributed by atoms with Crippen molar-refractivity contribution in [3.8, 4) is 0 Å². The number of esters is 3. The molecule has 0 aromatic heterocycles. The van der Waals surface area contributed by atoms with Crippen LogP contribution in [-0.2, 0) is 30.3 Å². The number of benzene rings is 1. The minimum atomic E-state index is -0.740. The van der Waals surface area contributed by atoms with Crippen LogP contribution in [0.2, 0.25) is 0 Å². The lowest BCUT2D eigenvalue weighted by molar-refractivity contribution is -0.161. The molecule has 0 saturated carbocycles. The first-order chi connectivity index (χ1) is 10.5. The Morgan fingerprint density at radius 3 is 2.77 bits per heavy atom. The molecule has 4 unspecified atom stereocenters. The van der Waals surface area contributed by atoms with Gasteiger partial charge in [0.15, 0.2) is 0 Å². The van der Waals surface area contributed by atoms with Crippen molar-refractivity contribution >= 4 is 17.9 Å². The van der Waals surface area contributed by atoms with E-state index in [-0.39, 0.29) is 11.9 Å². The average Bonchev–Trinajstić information content (AvgIpc) is 2.80. The highest BCUT2D eigenvalue weighted by atomic mass is 16.6. The molecule has 4 atom stereocenters. The number of hydrogen-bond donors (Lipinski definition) is 0. The maximum absolute atomic E-state index is 12.2. The van der Waals surface area contributed by atoms with Crippen LogP contribution >= 0.6 is 0 Å². The van der Waals surface area contributed by atoms with Crippen LogP contribution in [0.25, 0.3) is 0 Å². The van der Waals surface area contributed by atoms with Crippen LogP contribution < -0.4 is 0 Å². The molecule has 0 N–H and O–H groups in total. The minimum absolute atomic E-state index is 0.249. The summed E-state index contributed by atoms with van der Waals surface area (Å²) in [6.45, 7) is 3.68. The second kappa shape index (κ2) is 5.55. The first-order valence-electron chi connectivity index (χ1n) is 7.56. The van der Waals surface area contributed by atoms with E-state index in [1.54, 1.807) is 6.92 Å². The predicted octanol–water partition coefficient (Wildman–Crippen LogP) is 2.19. The van der Waals surface area contributed by atoms with Crippen molar-refractivity contribution in [3.63, 3.8) is 0 Å². The van der Waals surface area contributed by atoms with Gasteiger partial charge in [0.1, 0.15) is 12.0 Å². The average molecular weight is 302 g/mol.